The Kier molecular flexibility index (Phi) is 10.5. The second-order valence-electron chi connectivity index (χ2n) is 10.5. The molecule has 2 saturated heterocycles. The number of carbonyl (C=O) groups excluding carboxylic acids is 3. The average Bonchev–Trinajstić information content (AvgIpc) is 2.98. The Labute approximate surface area is 237 Å². The number of esters is 1. The van der Waals surface area contributed by atoms with Gasteiger partial charge >= 0.3 is 5.97 Å². The fraction of sp³-hybridized carbons (Fsp3) is 0.484. The highest BCUT2D eigenvalue weighted by Gasteiger charge is 2.27. The summed E-state index contributed by atoms with van der Waals surface area (Å²) >= 11 is 0. The number of ether oxygens (including phenoxy) is 1. The van der Waals surface area contributed by atoms with E-state index in [1.165, 1.54) is 6.42 Å². The number of hydrogen-bond donors (Lipinski definition) is 2. The summed E-state index contributed by atoms with van der Waals surface area (Å²) in [6.45, 7) is 5.12. The Morgan fingerprint density at radius 3 is 2.38 bits per heavy atom. The van der Waals surface area contributed by atoms with Gasteiger partial charge in [0.2, 0.25) is 11.8 Å². The number of piperidine rings is 1. The molecule has 4 rings (SSSR count). The molecule has 0 aliphatic carbocycles. The van der Waals surface area contributed by atoms with E-state index in [2.05, 4.69) is 10.2 Å². The fourth-order valence-corrected chi connectivity index (χ4v) is 5.30. The van der Waals surface area contributed by atoms with Gasteiger partial charge in [0.15, 0.2) is 0 Å². The van der Waals surface area contributed by atoms with Crippen molar-refractivity contribution in [1.29, 1.82) is 5.41 Å². The van der Waals surface area contributed by atoms with E-state index in [0.717, 1.165) is 49.2 Å². The molecule has 1 atom stereocenters. The highest BCUT2D eigenvalue weighted by atomic mass is 16.5. The quantitative estimate of drug-likeness (QED) is 0.254. The first-order valence-electron chi connectivity index (χ1n) is 14.4. The molecule has 2 amide bonds. The van der Waals surface area contributed by atoms with Crippen LogP contribution in [0.15, 0.2) is 54.6 Å². The molecular weight excluding hydrogens is 506 g/mol. The van der Waals surface area contributed by atoms with Crippen molar-refractivity contribution >= 4 is 29.3 Å². The summed E-state index contributed by atoms with van der Waals surface area (Å²) in [4.78, 5) is 43.7. The summed E-state index contributed by atoms with van der Waals surface area (Å²) in [5.41, 5.74) is 2.95. The molecule has 0 spiro atoms. The van der Waals surface area contributed by atoms with Crippen molar-refractivity contribution in [3.05, 3.63) is 65.7 Å². The van der Waals surface area contributed by atoms with Crippen LogP contribution in [0.1, 0.15) is 50.2 Å². The molecule has 2 aliphatic rings. The summed E-state index contributed by atoms with van der Waals surface area (Å²) in [6.07, 6.45) is 4.90. The van der Waals surface area contributed by atoms with Gasteiger partial charge in [0.25, 0.3) is 0 Å². The van der Waals surface area contributed by atoms with Gasteiger partial charge in [0.05, 0.1) is 26.1 Å². The first-order valence-corrected chi connectivity index (χ1v) is 14.4. The predicted octanol–water partition coefficient (Wildman–Crippen LogP) is 3.22. The maximum Gasteiger partial charge on any atom is 0.307 e. The zero-order chi connectivity index (χ0) is 28.3. The Balaban J connectivity index is 1.28. The van der Waals surface area contributed by atoms with Crippen molar-refractivity contribution in [2.24, 2.45) is 0 Å². The van der Waals surface area contributed by atoms with Crippen LogP contribution in [0.25, 0.3) is 0 Å². The number of hydrogen-bond acceptors (Lipinski definition) is 6. The van der Waals surface area contributed by atoms with Gasteiger partial charge in [-0.05, 0) is 68.9 Å². The molecule has 2 aromatic rings. The van der Waals surface area contributed by atoms with Crippen LogP contribution in [0.4, 0.5) is 5.69 Å². The van der Waals surface area contributed by atoms with Gasteiger partial charge in [-0.3, -0.25) is 19.8 Å². The molecule has 9 heteroatoms. The zero-order valence-corrected chi connectivity index (χ0v) is 23.4. The second-order valence-corrected chi connectivity index (χ2v) is 10.5. The maximum absolute atomic E-state index is 12.9. The van der Waals surface area contributed by atoms with E-state index < -0.39 is 0 Å². The molecule has 0 bridgehead atoms. The van der Waals surface area contributed by atoms with Crippen molar-refractivity contribution in [2.75, 3.05) is 50.8 Å². The summed E-state index contributed by atoms with van der Waals surface area (Å²) in [7, 11) is 0. The van der Waals surface area contributed by atoms with Crippen LogP contribution in [-0.4, -0.2) is 85.3 Å². The van der Waals surface area contributed by atoms with Crippen LogP contribution in [0, 0.1) is 5.41 Å². The molecule has 2 aliphatic heterocycles. The standard InChI is InChI=1S/C31H41N5O4/c1-2-40-30(39)21-26(14-11-24-9-5-3-6-10-24)33-28(37)22-36-20-19-35(23-29(36)38)27-15-12-25(13-16-27)31(32)34-17-7-4-8-18-34/h3,5-6,9-10,12-13,15-16,26,32H,2,4,7-8,11,14,17-23H2,1H3,(H,33,37). The molecule has 2 heterocycles. The fourth-order valence-electron chi connectivity index (χ4n) is 5.30. The monoisotopic (exact) mass is 547 g/mol. The van der Waals surface area contributed by atoms with Crippen molar-refractivity contribution in [2.45, 2.75) is 51.5 Å². The minimum Gasteiger partial charge on any atom is -0.466 e. The second kappa shape index (κ2) is 14.5. The first kappa shape index (κ1) is 29.1. The zero-order valence-electron chi connectivity index (χ0n) is 23.4. The summed E-state index contributed by atoms with van der Waals surface area (Å²) in [5, 5.41) is 11.5. The Bertz CT molecular complexity index is 1150. The van der Waals surface area contributed by atoms with Crippen molar-refractivity contribution in [3.8, 4) is 0 Å². The summed E-state index contributed by atoms with van der Waals surface area (Å²) < 4.78 is 5.10. The van der Waals surface area contributed by atoms with Crippen molar-refractivity contribution < 1.29 is 19.1 Å². The third-order valence-corrected chi connectivity index (χ3v) is 7.54. The van der Waals surface area contributed by atoms with E-state index in [9.17, 15) is 14.4 Å². The van der Waals surface area contributed by atoms with Gasteiger partial charge in [0, 0.05) is 43.5 Å². The molecule has 214 valence electrons. The lowest BCUT2D eigenvalue weighted by Gasteiger charge is -2.35. The average molecular weight is 548 g/mol. The lowest BCUT2D eigenvalue weighted by Crippen LogP contribution is -2.54. The van der Waals surface area contributed by atoms with Crippen LogP contribution < -0.4 is 10.2 Å². The molecule has 1 unspecified atom stereocenters. The SMILES string of the molecule is CCOC(=O)CC(CCc1ccccc1)NC(=O)CN1CCN(c2ccc(C(=N)N3CCCCC3)cc2)CC1=O. The van der Waals surface area contributed by atoms with Crippen LogP contribution >= 0.6 is 0 Å². The summed E-state index contributed by atoms with van der Waals surface area (Å²) in [5.74, 6) is -0.173. The Morgan fingerprint density at radius 1 is 0.975 bits per heavy atom. The molecule has 0 radical (unpaired) electrons. The normalized spacial score (nSPS) is 16.4. The molecule has 9 nitrogen and oxygen atoms in total. The highest BCUT2D eigenvalue weighted by molar-refractivity contribution is 5.97. The van der Waals surface area contributed by atoms with Crippen LogP contribution in [0.3, 0.4) is 0 Å². The number of piperazine rings is 1. The van der Waals surface area contributed by atoms with Gasteiger partial charge in [0.1, 0.15) is 5.84 Å². The largest absolute Gasteiger partial charge is 0.466 e. The molecular formula is C31H41N5O4. The minimum atomic E-state index is -0.370. The number of benzene rings is 2. The molecule has 0 aromatic heterocycles. The number of rotatable bonds is 11. The topological polar surface area (TPSA) is 106 Å². The lowest BCUT2D eigenvalue weighted by molar-refractivity contribution is -0.144. The van der Waals surface area contributed by atoms with E-state index in [4.69, 9.17) is 10.1 Å². The van der Waals surface area contributed by atoms with Crippen LogP contribution in [-0.2, 0) is 25.5 Å². The third kappa shape index (κ3) is 8.31. The maximum atomic E-state index is 12.9. The number of nitrogens with zero attached hydrogens (tertiary/aromatic N) is 3. The number of anilines is 1. The Morgan fingerprint density at radius 2 is 1.70 bits per heavy atom. The first-order chi connectivity index (χ1) is 19.4. The lowest BCUT2D eigenvalue weighted by atomic mass is 10.0. The van der Waals surface area contributed by atoms with Gasteiger partial charge in [-0.1, -0.05) is 30.3 Å². The molecule has 2 N–H and O–H groups in total. The van der Waals surface area contributed by atoms with Gasteiger partial charge in [-0.15, -0.1) is 0 Å². The van der Waals surface area contributed by atoms with E-state index in [1.54, 1.807) is 11.8 Å². The minimum absolute atomic E-state index is 0.0384. The van der Waals surface area contributed by atoms with E-state index >= 15 is 0 Å². The van der Waals surface area contributed by atoms with Crippen molar-refractivity contribution in [1.82, 2.24) is 15.1 Å². The number of amides is 2. The number of amidine groups is 1. The smallest absolute Gasteiger partial charge is 0.307 e. The molecule has 2 fully saturated rings. The van der Waals surface area contributed by atoms with Crippen LogP contribution in [0.2, 0.25) is 0 Å². The van der Waals surface area contributed by atoms with E-state index in [1.807, 2.05) is 59.5 Å². The number of carbonyl (C=O) groups is 3. The number of likely N-dealkylation sites (tertiary alicyclic amines) is 1. The molecule has 2 aromatic carbocycles. The summed E-state index contributed by atoms with van der Waals surface area (Å²) in [6, 6.07) is 17.4. The Hall–Kier alpha value is -3.88. The van der Waals surface area contributed by atoms with Crippen molar-refractivity contribution in [3.63, 3.8) is 0 Å². The van der Waals surface area contributed by atoms with E-state index in [-0.39, 0.29) is 43.3 Å². The molecule has 0 saturated carbocycles. The number of aryl methyl sites for hydroxylation is 1. The molecule has 40 heavy (non-hydrogen) atoms. The predicted molar refractivity (Wildman–Crippen MR) is 155 cm³/mol. The number of nitrogens with one attached hydrogen (secondary N) is 2. The van der Waals surface area contributed by atoms with Crippen LogP contribution in [0.5, 0.6) is 0 Å². The third-order valence-electron chi connectivity index (χ3n) is 7.54. The van der Waals surface area contributed by atoms with E-state index in [0.29, 0.717) is 32.0 Å². The van der Waals surface area contributed by atoms with Gasteiger partial charge in [-0.25, -0.2) is 0 Å². The highest BCUT2D eigenvalue weighted by Crippen LogP contribution is 2.20. The van der Waals surface area contributed by atoms with Gasteiger partial charge in [-0.2, -0.15) is 0 Å². The van der Waals surface area contributed by atoms with Gasteiger partial charge < -0.3 is 24.8 Å².